The van der Waals surface area contributed by atoms with Gasteiger partial charge in [-0.3, -0.25) is 4.79 Å². The second-order valence-electron chi connectivity index (χ2n) is 8.36. The number of thiazole rings is 1. The second-order valence-corrected chi connectivity index (χ2v) is 9.22. The molecule has 9 nitrogen and oxygen atoms in total. The number of ether oxygens (including phenoxy) is 2. The minimum absolute atomic E-state index is 0.0119. The molecular formula is C22H25FN4O5S. The van der Waals surface area contributed by atoms with E-state index in [0.29, 0.717) is 66.6 Å². The minimum Gasteiger partial charge on any atom is -0.392 e. The van der Waals surface area contributed by atoms with Gasteiger partial charge in [-0.1, -0.05) is 5.16 Å². The largest absolute Gasteiger partial charge is 0.392 e. The first-order valence-electron chi connectivity index (χ1n) is 10.9. The number of hydrogen-bond donors (Lipinski definition) is 1. The number of amides is 1. The Hall–Kier alpha value is -2.60. The number of benzene rings is 1. The van der Waals surface area contributed by atoms with Crippen LogP contribution in [0.2, 0.25) is 0 Å². The van der Waals surface area contributed by atoms with E-state index in [2.05, 4.69) is 10.1 Å². The number of nitrogens with zero attached hydrogens (tertiary/aromatic N) is 4. The molecule has 0 saturated carbocycles. The van der Waals surface area contributed by atoms with E-state index in [0.717, 1.165) is 0 Å². The molecule has 2 saturated heterocycles. The van der Waals surface area contributed by atoms with Crippen LogP contribution in [-0.2, 0) is 16.1 Å². The Morgan fingerprint density at radius 2 is 2.00 bits per heavy atom. The molecule has 2 fully saturated rings. The number of carbonyl (C=O) groups is 1. The van der Waals surface area contributed by atoms with Crippen molar-refractivity contribution in [1.82, 2.24) is 15.0 Å². The van der Waals surface area contributed by atoms with Crippen molar-refractivity contribution in [2.45, 2.75) is 32.7 Å². The molecule has 0 radical (unpaired) electrons. The zero-order valence-electron chi connectivity index (χ0n) is 18.4. The lowest BCUT2D eigenvalue weighted by atomic mass is 10.0. The van der Waals surface area contributed by atoms with Crippen LogP contribution in [0.25, 0.3) is 21.5 Å². The molecule has 2 aliphatic heterocycles. The van der Waals surface area contributed by atoms with Crippen molar-refractivity contribution in [2.24, 2.45) is 0 Å². The van der Waals surface area contributed by atoms with Gasteiger partial charge in [0.15, 0.2) is 5.82 Å². The SMILES string of the molecule is C[C@@H]1CN(c2c(CO)cc3c(-c4scnc4C(=O)N4CCOCC4)noc3c2F)C[C@H](C)O1. The molecule has 1 N–H and O–H groups in total. The molecule has 0 aliphatic carbocycles. The Morgan fingerprint density at radius 3 is 2.70 bits per heavy atom. The first-order valence-corrected chi connectivity index (χ1v) is 11.8. The van der Waals surface area contributed by atoms with Gasteiger partial charge in [-0.05, 0) is 19.9 Å². The number of fused-ring (bicyclic) bond motifs is 1. The fraction of sp³-hybridized carbons (Fsp3) is 0.500. The number of aliphatic hydroxyl groups is 1. The van der Waals surface area contributed by atoms with E-state index in [-0.39, 0.29) is 36.0 Å². The molecule has 11 heteroatoms. The summed E-state index contributed by atoms with van der Waals surface area (Å²) in [5.41, 5.74) is 2.87. The maximum absolute atomic E-state index is 15.7. The highest BCUT2D eigenvalue weighted by Crippen LogP contribution is 2.39. The summed E-state index contributed by atoms with van der Waals surface area (Å²) in [5, 5.41) is 14.6. The van der Waals surface area contributed by atoms with Crippen molar-refractivity contribution in [3.63, 3.8) is 0 Å². The van der Waals surface area contributed by atoms with Crippen molar-refractivity contribution in [2.75, 3.05) is 44.3 Å². The molecule has 1 amide bonds. The number of rotatable bonds is 4. The standard InChI is InChI=1S/C22H25FN4O5S/c1-12-8-27(9-13(2)31-12)19-14(10-28)7-15-17(25-32-20(15)16(19)23)21-18(24-11-33-21)22(29)26-3-5-30-6-4-26/h7,11-13,28H,3-6,8-10H2,1-2H3/t12-,13+. The van der Waals surface area contributed by atoms with E-state index in [1.807, 2.05) is 18.7 Å². The molecular weight excluding hydrogens is 451 g/mol. The fourth-order valence-corrected chi connectivity index (χ4v) is 5.32. The van der Waals surface area contributed by atoms with Gasteiger partial charge >= 0.3 is 0 Å². The number of anilines is 1. The van der Waals surface area contributed by atoms with E-state index < -0.39 is 5.82 Å². The predicted octanol–water partition coefficient (Wildman–Crippen LogP) is 2.67. The summed E-state index contributed by atoms with van der Waals surface area (Å²) in [6.45, 7) is 6.42. The molecule has 176 valence electrons. The number of aliphatic hydroxyl groups excluding tert-OH is 1. The van der Waals surface area contributed by atoms with Gasteiger partial charge in [0.1, 0.15) is 11.4 Å². The van der Waals surface area contributed by atoms with Crippen LogP contribution in [0.3, 0.4) is 0 Å². The highest BCUT2D eigenvalue weighted by Gasteiger charge is 2.31. The quantitative estimate of drug-likeness (QED) is 0.613. The van der Waals surface area contributed by atoms with E-state index in [9.17, 15) is 9.90 Å². The number of hydrogen-bond acceptors (Lipinski definition) is 9. The number of aromatic nitrogens is 2. The topological polar surface area (TPSA) is 101 Å². The monoisotopic (exact) mass is 476 g/mol. The van der Waals surface area contributed by atoms with E-state index in [4.69, 9.17) is 14.0 Å². The van der Waals surface area contributed by atoms with Crippen LogP contribution in [0.5, 0.6) is 0 Å². The third-order valence-corrected chi connectivity index (χ3v) is 6.78. The van der Waals surface area contributed by atoms with Crippen LogP contribution in [0.15, 0.2) is 16.1 Å². The summed E-state index contributed by atoms with van der Waals surface area (Å²) >= 11 is 1.24. The summed E-state index contributed by atoms with van der Waals surface area (Å²) in [6.07, 6.45) is -0.154. The Labute approximate surface area is 193 Å². The van der Waals surface area contributed by atoms with Crippen molar-refractivity contribution in [3.8, 4) is 10.6 Å². The summed E-state index contributed by atoms with van der Waals surface area (Å²) in [6, 6.07) is 1.69. The lowest BCUT2D eigenvalue weighted by Gasteiger charge is -2.37. The lowest BCUT2D eigenvalue weighted by molar-refractivity contribution is -0.00550. The van der Waals surface area contributed by atoms with Gasteiger partial charge < -0.3 is 28.9 Å². The molecule has 5 rings (SSSR count). The van der Waals surface area contributed by atoms with Gasteiger partial charge in [0.05, 0.1) is 53.5 Å². The normalized spacial score (nSPS) is 21.7. The van der Waals surface area contributed by atoms with Gasteiger partial charge in [-0.25, -0.2) is 9.37 Å². The Morgan fingerprint density at radius 1 is 1.27 bits per heavy atom. The smallest absolute Gasteiger partial charge is 0.274 e. The Balaban J connectivity index is 1.57. The van der Waals surface area contributed by atoms with Crippen LogP contribution in [0.4, 0.5) is 10.1 Å². The zero-order chi connectivity index (χ0) is 23.1. The van der Waals surface area contributed by atoms with Crippen molar-refractivity contribution in [3.05, 3.63) is 28.7 Å². The van der Waals surface area contributed by atoms with Crippen molar-refractivity contribution < 1.29 is 28.3 Å². The summed E-state index contributed by atoms with van der Waals surface area (Å²) in [4.78, 5) is 21.4. The highest BCUT2D eigenvalue weighted by atomic mass is 32.1. The van der Waals surface area contributed by atoms with Crippen molar-refractivity contribution in [1.29, 1.82) is 0 Å². The average molecular weight is 477 g/mol. The highest BCUT2D eigenvalue weighted by molar-refractivity contribution is 7.13. The second kappa shape index (κ2) is 8.98. The molecule has 0 spiro atoms. The van der Waals surface area contributed by atoms with Crippen LogP contribution in [0.1, 0.15) is 29.9 Å². The number of morpholine rings is 2. The summed E-state index contributed by atoms with van der Waals surface area (Å²) < 4.78 is 32.3. The Kier molecular flexibility index (Phi) is 6.04. The molecule has 2 aromatic heterocycles. The van der Waals surface area contributed by atoms with Gasteiger partial charge in [-0.2, -0.15) is 0 Å². The maximum Gasteiger partial charge on any atom is 0.274 e. The Bertz CT molecular complexity index is 1170. The van der Waals surface area contributed by atoms with Crippen LogP contribution in [-0.4, -0.2) is 77.7 Å². The third-order valence-electron chi connectivity index (χ3n) is 5.95. The fourth-order valence-electron chi connectivity index (χ4n) is 4.55. The van der Waals surface area contributed by atoms with E-state index in [1.54, 1.807) is 16.5 Å². The zero-order valence-corrected chi connectivity index (χ0v) is 19.2. The molecule has 0 bridgehead atoms. The minimum atomic E-state index is -0.581. The number of carbonyl (C=O) groups excluding carboxylic acids is 1. The molecule has 1 aromatic carbocycles. The molecule has 4 heterocycles. The lowest BCUT2D eigenvalue weighted by Crippen LogP contribution is -2.46. The molecule has 2 atom stereocenters. The van der Waals surface area contributed by atoms with E-state index in [1.165, 1.54) is 11.3 Å². The molecule has 0 unspecified atom stereocenters. The maximum atomic E-state index is 15.7. The summed E-state index contributed by atoms with van der Waals surface area (Å²) in [5.74, 6) is -0.802. The van der Waals surface area contributed by atoms with Gasteiger partial charge in [0, 0.05) is 31.7 Å². The first kappa shape index (κ1) is 22.2. The van der Waals surface area contributed by atoms with E-state index >= 15 is 4.39 Å². The summed E-state index contributed by atoms with van der Waals surface area (Å²) in [7, 11) is 0. The van der Waals surface area contributed by atoms with Gasteiger partial charge in [-0.15, -0.1) is 11.3 Å². The van der Waals surface area contributed by atoms with Crippen LogP contribution in [0, 0.1) is 5.82 Å². The van der Waals surface area contributed by atoms with Crippen LogP contribution >= 0.6 is 11.3 Å². The van der Waals surface area contributed by atoms with Gasteiger partial charge in [0.25, 0.3) is 5.91 Å². The van der Waals surface area contributed by atoms with Gasteiger partial charge in [0.2, 0.25) is 5.58 Å². The van der Waals surface area contributed by atoms with Crippen LogP contribution < -0.4 is 4.90 Å². The van der Waals surface area contributed by atoms with Crippen molar-refractivity contribution >= 4 is 33.9 Å². The predicted molar refractivity (Wildman–Crippen MR) is 120 cm³/mol. The molecule has 33 heavy (non-hydrogen) atoms. The number of halogens is 1. The molecule has 3 aromatic rings. The average Bonchev–Trinajstić information content (AvgIpc) is 3.45. The molecule has 2 aliphatic rings. The first-order chi connectivity index (χ1) is 16.0. The third kappa shape index (κ3) is 3.99.